The van der Waals surface area contributed by atoms with Crippen LogP contribution in [0.3, 0.4) is 0 Å². The third-order valence-electron chi connectivity index (χ3n) is 4.05. The van der Waals surface area contributed by atoms with Gasteiger partial charge < -0.3 is 15.2 Å². The third kappa shape index (κ3) is 4.95. The first kappa shape index (κ1) is 21.6. The highest BCUT2D eigenvalue weighted by Gasteiger charge is 2.20. The molecule has 10 heteroatoms. The Morgan fingerprint density at radius 1 is 1.19 bits per heavy atom. The number of nitrogens with one attached hydrogen (secondary N) is 2. The summed E-state index contributed by atoms with van der Waals surface area (Å²) in [7, 11) is 2.96. The number of hydrogen-bond donors (Lipinski definition) is 2. The number of aromatic nitrogens is 1. The molecule has 7 nitrogen and oxygen atoms in total. The van der Waals surface area contributed by atoms with Crippen LogP contribution in [-0.2, 0) is 30.2 Å². The van der Waals surface area contributed by atoms with Crippen LogP contribution < -0.4 is 10.6 Å². The van der Waals surface area contributed by atoms with Crippen molar-refractivity contribution < 1.29 is 8.42 Å². The molecule has 1 heterocycles. The van der Waals surface area contributed by atoms with E-state index in [1.807, 2.05) is 7.05 Å². The molecule has 0 atom stereocenters. The van der Waals surface area contributed by atoms with Crippen molar-refractivity contribution in [1.29, 1.82) is 0 Å². The number of hydrogen-bond acceptors (Lipinski definition) is 3. The molecule has 0 saturated heterocycles. The van der Waals surface area contributed by atoms with Gasteiger partial charge in [0.2, 0.25) is 10.0 Å². The van der Waals surface area contributed by atoms with Gasteiger partial charge in [0.15, 0.2) is 5.96 Å². The largest absolute Gasteiger partial charge is 0.352 e. The standard InChI is InChI=1S/C17H23Cl2N5O2S/c1-20-17(22-11-13-9-14(18)16(19)24(13)4)21-10-12-7-5-6-8-15(12)27(25,26)23(2)3/h5-9H,10-11H2,1-4H3,(H2,20,21,22). The van der Waals surface area contributed by atoms with Crippen LogP contribution in [0.25, 0.3) is 0 Å². The van der Waals surface area contributed by atoms with Crippen molar-refractivity contribution in [2.75, 3.05) is 21.1 Å². The molecular weight excluding hydrogens is 409 g/mol. The third-order valence-corrected chi connectivity index (χ3v) is 6.81. The van der Waals surface area contributed by atoms with Crippen LogP contribution in [-0.4, -0.2) is 44.4 Å². The molecule has 27 heavy (non-hydrogen) atoms. The number of guanidine groups is 1. The molecule has 0 amide bonds. The molecule has 1 aromatic heterocycles. The van der Waals surface area contributed by atoms with Crippen LogP contribution >= 0.6 is 23.2 Å². The van der Waals surface area contributed by atoms with E-state index in [1.54, 1.807) is 41.9 Å². The summed E-state index contributed by atoms with van der Waals surface area (Å²) in [6.07, 6.45) is 0. The number of benzene rings is 1. The molecule has 0 bridgehead atoms. The number of aliphatic imine (C=N–C) groups is 1. The van der Waals surface area contributed by atoms with Gasteiger partial charge in [-0.05, 0) is 17.7 Å². The average molecular weight is 432 g/mol. The maximum atomic E-state index is 12.5. The van der Waals surface area contributed by atoms with Crippen molar-refractivity contribution in [2.45, 2.75) is 18.0 Å². The average Bonchev–Trinajstić information content (AvgIpc) is 2.89. The van der Waals surface area contributed by atoms with Crippen LogP contribution in [0.1, 0.15) is 11.3 Å². The fourth-order valence-corrected chi connectivity index (χ4v) is 3.96. The molecule has 148 valence electrons. The number of halogens is 2. The summed E-state index contributed by atoms with van der Waals surface area (Å²) in [6.45, 7) is 0.762. The van der Waals surface area contributed by atoms with Gasteiger partial charge in [0.1, 0.15) is 5.15 Å². The molecule has 2 N–H and O–H groups in total. The Labute approximate surface area is 170 Å². The quantitative estimate of drug-likeness (QED) is 0.543. The zero-order valence-electron chi connectivity index (χ0n) is 15.6. The van der Waals surface area contributed by atoms with Gasteiger partial charge in [-0.25, -0.2) is 12.7 Å². The van der Waals surface area contributed by atoms with Crippen LogP contribution in [0.5, 0.6) is 0 Å². The Balaban J connectivity index is 2.08. The zero-order valence-corrected chi connectivity index (χ0v) is 18.0. The van der Waals surface area contributed by atoms with Gasteiger partial charge in [-0.2, -0.15) is 0 Å². The van der Waals surface area contributed by atoms with Crippen LogP contribution in [0.15, 0.2) is 40.2 Å². The zero-order chi connectivity index (χ0) is 20.2. The van der Waals surface area contributed by atoms with E-state index in [0.29, 0.717) is 34.8 Å². The van der Waals surface area contributed by atoms with E-state index < -0.39 is 10.0 Å². The van der Waals surface area contributed by atoms with E-state index in [2.05, 4.69) is 15.6 Å². The molecule has 0 aliphatic carbocycles. The second kappa shape index (κ2) is 8.97. The van der Waals surface area contributed by atoms with Gasteiger partial charge in [-0.3, -0.25) is 4.99 Å². The van der Waals surface area contributed by atoms with E-state index in [0.717, 1.165) is 5.69 Å². The van der Waals surface area contributed by atoms with Crippen LogP contribution in [0.4, 0.5) is 0 Å². The van der Waals surface area contributed by atoms with Crippen molar-refractivity contribution in [3.63, 3.8) is 0 Å². The van der Waals surface area contributed by atoms with Gasteiger partial charge >= 0.3 is 0 Å². The lowest BCUT2D eigenvalue weighted by Gasteiger charge is -2.17. The lowest BCUT2D eigenvalue weighted by Crippen LogP contribution is -2.37. The predicted molar refractivity (Wildman–Crippen MR) is 110 cm³/mol. The summed E-state index contributed by atoms with van der Waals surface area (Å²) < 4.78 is 27.9. The summed E-state index contributed by atoms with van der Waals surface area (Å²) in [5.41, 5.74) is 1.54. The molecule has 0 spiro atoms. The SMILES string of the molecule is CN=C(NCc1ccccc1S(=O)(=O)N(C)C)NCc1cc(Cl)c(Cl)n1C. The van der Waals surface area contributed by atoms with Crippen molar-refractivity contribution in [3.05, 3.63) is 51.8 Å². The minimum Gasteiger partial charge on any atom is -0.352 e. The molecule has 1 aromatic carbocycles. The van der Waals surface area contributed by atoms with Crippen molar-refractivity contribution >= 4 is 39.2 Å². The van der Waals surface area contributed by atoms with Crippen molar-refractivity contribution in [1.82, 2.24) is 19.5 Å². The molecule has 0 saturated carbocycles. The fraction of sp³-hybridized carbons (Fsp3) is 0.353. The van der Waals surface area contributed by atoms with Gasteiger partial charge in [0.05, 0.1) is 16.5 Å². The Hall–Kier alpha value is -1.74. The second-order valence-electron chi connectivity index (χ2n) is 6.01. The first-order chi connectivity index (χ1) is 12.7. The first-order valence-corrected chi connectivity index (χ1v) is 10.3. The van der Waals surface area contributed by atoms with E-state index in [9.17, 15) is 8.42 Å². The fourth-order valence-electron chi connectivity index (χ4n) is 2.43. The normalized spacial score (nSPS) is 12.5. The molecule has 2 rings (SSSR count). The minimum absolute atomic E-state index is 0.263. The highest BCUT2D eigenvalue weighted by Crippen LogP contribution is 2.25. The Morgan fingerprint density at radius 2 is 1.81 bits per heavy atom. The maximum absolute atomic E-state index is 12.5. The molecular formula is C17H23Cl2N5O2S. The molecule has 2 aromatic rings. The van der Waals surface area contributed by atoms with Crippen molar-refractivity contribution in [3.8, 4) is 0 Å². The monoisotopic (exact) mass is 431 g/mol. The summed E-state index contributed by atoms with van der Waals surface area (Å²) in [6, 6.07) is 8.65. The first-order valence-electron chi connectivity index (χ1n) is 8.13. The lowest BCUT2D eigenvalue weighted by atomic mass is 10.2. The second-order valence-corrected chi connectivity index (χ2v) is 8.89. The molecule has 0 aliphatic heterocycles. The van der Waals surface area contributed by atoms with Gasteiger partial charge in [-0.1, -0.05) is 41.4 Å². The summed E-state index contributed by atoms with van der Waals surface area (Å²) in [5, 5.41) is 7.25. The van der Waals surface area contributed by atoms with E-state index in [-0.39, 0.29) is 4.90 Å². The van der Waals surface area contributed by atoms with Gasteiger partial charge in [0, 0.05) is 40.4 Å². The number of nitrogens with zero attached hydrogens (tertiary/aromatic N) is 3. The smallest absolute Gasteiger partial charge is 0.242 e. The molecule has 0 unspecified atom stereocenters. The molecule has 0 fully saturated rings. The summed E-state index contributed by atoms with van der Waals surface area (Å²) in [4.78, 5) is 4.43. The predicted octanol–water partition coefficient (Wildman–Crippen LogP) is 2.45. The van der Waals surface area contributed by atoms with Gasteiger partial charge in [-0.15, -0.1) is 0 Å². The van der Waals surface area contributed by atoms with E-state index >= 15 is 0 Å². The maximum Gasteiger partial charge on any atom is 0.242 e. The molecule has 0 radical (unpaired) electrons. The Morgan fingerprint density at radius 3 is 2.37 bits per heavy atom. The topological polar surface area (TPSA) is 78.7 Å². The van der Waals surface area contributed by atoms with E-state index in [4.69, 9.17) is 23.2 Å². The molecule has 0 aliphatic rings. The number of sulfonamides is 1. The van der Waals surface area contributed by atoms with Crippen molar-refractivity contribution in [2.24, 2.45) is 12.0 Å². The minimum atomic E-state index is -3.52. The Bertz CT molecular complexity index is 939. The number of rotatable bonds is 6. The summed E-state index contributed by atoms with van der Waals surface area (Å²) >= 11 is 12.1. The highest BCUT2D eigenvalue weighted by molar-refractivity contribution is 7.89. The Kier molecular flexibility index (Phi) is 7.16. The highest BCUT2D eigenvalue weighted by atomic mass is 35.5. The van der Waals surface area contributed by atoms with Crippen LogP contribution in [0, 0.1) is 0 Å². The van der Waals surface area contributed by atoms with Crippen LogP contribution in [0.2, 0.25) is 10.2 Å². The van der Waals surface area contributed by atoms with Gasteiger partial charge in [0.25, 0.3) is 0 Å². The van der Waals surface area contributed by atoms with E-state index in [1.165, 1.54) is 18.4 Å². The lowest BCUT2D eigenvalue weighted by molar-refractivity contribution is 0.519. The summed E-state index contributed by atoms with van der Waals surface area (Å²) in [5.74, 6) is 0.528.